The normalized spacial score (nSPS) is 29.5. The molecule has 2 N–H and O–H groups in total. The lowest BCUT2D eigenvalue weighted by Crippen LogP contribution is -2.48. The first-order chi connectivity index (χ1) is 19.0. The van der Waals surface area contributed by atoms with Crippen molar-refractivity contribution in [2.45, 2.75) is 102 Å². The van der Waals surface area contributed by atoms with E-state index in [1.165, 1.54) is 0 Å². The molecule has 3 amide bonds. The smallest absolute Gasteiger partial charge is 0.353 e. The zero-order chi connectivity index (χ0) is 29.0. The number of hydrogen-bond acceptors (Lipinski definition) is 5. The minimum Gasteiger partial charge on any atom is -0.353 e. The number of halogens is 3. The summed E-state index contributed by atoms with van der Waals surface area (Å²) < 4.78 is 39.5. The van der Waals surface area contributed by atoms with Crippen LogP contribution in [0.25, 0.3) is 0 Å². The van der Waals surface area contributed by atoms with Gasteiger partial charge in [-0.25, -0.2) is 0 Å². The van der Waals surface area contributed by atoms with Gasteiger partial charge >= 0.3 is 6.18 Å². The fourth-order valence-corrected chi connectivity index (χ4v) is 6.87. The quantitative estimate of drug-likeness (QED) is 0.441. The van der Waals surface area contributed by atoms with Gasteiger partial charge in [0.1, 0.15) is 0 Å². The van der Waals surface area contributed by atoms with Gasteiger partial charge in [0.2, 0.25) is 17.7 Å². The van der Waals surface area contributed by atoms with Gasteiger partial charge in [0.25, 0.3) is 0 Å². The second-order valence-corrected chi connectivity index (χ2v) is 11.6. The number of nitrogens with one attached hydrogen (secondary N) is 2. The maximum atomic E-state index is 13.2. The third-order valence-electron chi connectivity index (χ3n) is 8.91. The molecule has 0 aromatic rings. The molecule has 2 saturated heterocycles. The van der Waals surface area contributed by atoms with Gasteiger partial charge < -0.3 is 15.5 Å². The van der Waals surface area contributed by atoms with Crippen molar-refractivity contribution in [3.63, 3.8) is 0 Å². The molecule has 0 spiro atoms. The Hall–Kier alpha value is -2.69. The molecule has 0 aromatic carbocycles. The summed E-state index contributed by atoms with van der Waals surface area (Å²) in [5, 5.41) is 5.73. The topological polar surface area (TPSA) is 94.1 Å². The van der Waals surface area contributed by atoms with Crippen LogP contribution >= 0.6 is 0 Å². The third-order valence-corrected chi connectivity index (χ3v) is 8.91. The van der Waals surface area contributed by atoms with Crippen LogP contribution in [0.1, 0.15) is 71.6 Å². The van der Waals surface area contributed by atoms with Crippen molar-refractivity contribution in [3.05, 3.63) is 23.3 Å². The average molecular weight is 566 g/mol. The minimum atomic E-state index is -4.51. The SMILES string of the molecule is CCC(CC(=O)NC1CCC(N2CCC3C2CCN3C(=O)CNC(=O)C2=CC(C(F)(F)F)=C[C@@H](C)C2)CC1)=NC. The van der Waals surface area contributed by atoms with Crippen LogP contribution in [0.5, 0.6) is 0 Å². The summed E-state index contributed by atoms with van der Waals surface area (Å²) in [4.78, 5) is 46.6. The zero-order valence-corrected chi connectivity index (χ0v) is 23.7. The number of aliphatic imine (C=N–C) groups is 1. The first-order valence-corrected chi connectivity index (χ1v) is 14.6. The highest BCUT2D eigenvalue weighted by atomic mass is 19.4. The van der Waals surface area contributed by atoms with Crippen LogP contribution in [-0.4, -0.2) is 90.3 Å². The van der Waals surface area contributed by atoms with Crippen LogP contribution in [0.4, 0.5) is 13.2 Å². The van der Waals surface area contributed by atoms with E-state index in [0.717, 1.165) is 69.4 Å². The summed E-state index contributed by atoms with van der Waals surface area (Å²) in [6, 6.07) is 0.992. The highest BCUT2D eigenvalue weighted by molar-refractivity contribution is 6.01. The van der Waals surface area contributed by atoms with E-state index in [0.29, 0.717) is 19.0 Å². The number of rotatable bonds is 8. The monoisotopic (exact) mass is 565 g/mol. The van der Waals surface area contributed by atoms with E-state index in [-0.39, 0.29) is 48.5 Å². The van der Waals surface area contributed by atoms with Crippen molar-refractivity contribution >= 4 is 23.4 Å². The van der Waals surface area contributed by atoms with Gasteiger partial charge in [-0.2, -0.15) is 13.2 Å². The van der Waals surface area contributed by atoms with Crippen LogP contribution in [0.2, 0.25) is 0 Å². The molecule has 0 bridgehead atoms. The molecule has 1 saturated carbocycles. The lowest BCUT2D eigenvalue weighted by Gasteiger charge is -2.38. The number of carbonyl (C=O) groups excluding carboxylic acids is 3. The molecule has 222 valence electrons. The van der Waals surface area contributed by atoms with E-state index in [9.17, 15) is 27.6 Å². The van der Waals surface area contributed by atoms with E-state index in [1.54, 1.807) is 14.0 Å². The Labute approximate surface area is 234 Å². The van der Waals surface area contributed by atoms with Crippen LogP contribution in [0.3, 0.4) is 0 Å². The van der Waals surface area contributed by atoms with Crippen molar-refractivity contribution in [2.75, 3.05) is 26.7 Å². The summed E-state index contributed by atoms with van der Waals surface area (Å²) in [6.07, 6.45) is 4.48. The van der Waals surface area contributed by atoms with Gasteiger partial charge in [0, 0.05) is 55.6 Å². The van der Waals surface area contributed by atoms with Crippen molar-refractivity contribution in [1.82, 2.24) is 20.4 Å². The van der Waals surface area contributed by atoms with Crippen molar-refractivity contribution in [2.24, 2.45) is 10.9 Å². The Morgan fingerprint density at radius 1 is 1.05 bits per heavy atom. The molecule has 8 nitrogen and oxygen atoms in total. The minimum absolute atomic E-state index is 0.0377. The summed E-state index contributed by atoms with van der Waals surface area (Å²) in [5.41, 5.74) is 0.143. The number of nitrogens with zero attached hydrogens (tertiary/aromatic N) is 3. The maximum absolute atomic E-state index is 13.2. The predicted octanol–water partition coefficient (Wildman–Crippen LogP) is 3.53. The third kappa shape index (κ3) is 7.14. The molecule has 11 heteroatoms. The van der Waals surface area contributed by atoms with Gasteiger partial charge in [-0.3, -0.25) is 24.3 Å². The van der Waals surface area contributed by atoms with E-state index < -0.39 is 23.6 Å². The average Bonchev–Trinajstić information content (AvgIpc) is 3.52. The summed E-state index contributed by atoms with van der Waals surface area (Å²) in [6.45, 7) is 4.96. The molecule has 2 heterocycles. The molecule has 40 heavy (non-hydrogen) atoms. The van der Waals surface area contributed by atoms with Crippen LogP contribution in [0.15, 0.2) is 28.3 Å². The highest BCUT2D eigenvalue weighted by Crippen LogP contribution is 2.37. The van der Waals surface area contributed by atoms with E-state index in [4.69, 9.17) is 0 Å². The predicted molar refractivity (Wildman–Crippen MR) is 147 cm³/mol. The molecule has 3 fully saturated rings. The molecular weight excluding hydrogens is 523 g/mol. The van der Waals surface area contributed by atoms with Crippen LogP contribution < -0.4 is 10.6 Å². The first kappa shape index (κ1) is 30.3. The number of fused-ring (bicyclic) bond motifs is 1. The van der Waals surface area contributed by atoms with Gasteiger partial charge in [0.05, 0.1) is 18.5 Å². The van der Waals surface area contributed by atoms with Crippen molar-refractivity contribution in [3.8, 4) is 0 Å². The number of carbonyl (C=O) groups is 3. The second-order valence-electron chi connectivity index (χ2n) is 11.6. The molecule has 3 atom stereocenters. The Bertz CT molecular complexity index is 1060. The largest absolute Gasteiger partial charge is 0.416 e. The molecule has 4 aliphatic rings. The molecule has 4 rings (SSSR count). The van der Waals surface area contributed by atoms with Crippen LogP contribution in [-0.2, 0) is 14.4 Å². The summed E-state index contributed by atoms with van der Waals surface area (Å²) in [7, 11) is 1.72. The standard InChI is InChI=1S/C29H42F3N5O3/c1-4-21(33-3)16-26(38)35-22-5-7-23(8-6-22)36-11-9-25-24(36)10-12-37(25)27(39)17-34-28(40)19-13-18(2)14-20(15-19)29(30,31)32/h14-15,18,22-25H,4-13,16-17H2,1-3H3,(H,34,40)(H,35,38)/t18-,22?,23?,24?,25?/m0/s1. The fourth-order valence-electron chi connectivity index (χ4n) is 6.87. The van der Waals surface area contributed by atoms with Gasteiger partial charge in [-0.1, -0.05) is 19.9 Å². The van der Waals surface area contributed by atoms with Gasteiger partial charge in [0.15, 0.2) is 0 Å². The number of hydrogen-bond donors (Lipinski definition) is 2. The number of alkyl halides is 3. The molecule has 0 radical (unpaired) electrons. The van der Waals surface area contributed by atoms with Gasteiger partial charge in [-0.15, -0.1) is 0 Å². The van der Waals surface area contributed by atoms with Gasteiger partial charge in [-0.05, 0) is 63.4 Å². The molecule has 2 aliphatic heterocycles. The Kier molecular flexibility index (Phi) is 9.74. The lowest BCUT2D eigenvalue weighted by molar-refractivity contribution is -0.133. The Morgan fingerprint density at radius 2 is 1.75 bits per heavy atom. The summed E-state index contributed by atoms with van der Waals surface area (Å²) in [5.74, 6) is -1.17. The molecule has 0 aromatic heterocycles. The second kappa shape index (κ2) is 12.9. The van der Waals surface area contributed by atoms with E-state index >= 15 is 0 Å². The van der Waals surface area contributed by atoms with Crippen molar-refractivity contribution < 1.29 is 27.6 Å². The van der Waals surface area contributed by atoms with E-state index in [2.05, 4.69) is 20.5 Å². The first-order valence-electron chi connectivity index (χ1n) is 14.6. The molecule has 2 unspecified atom stereocenters. The van der Waals surface area contributed by atoms with E-state index in [1.807, 2.05) is 11.8 Å². The molecule has 2 aliphatic carbocycles. The molecular formula is C29H42F3N5O3. The maximum Gasteiger partial charge on any atom is 0.416 e. The highest BCUT2D eigenvalue weighted by Gasteiger charge is 2.46. The summed E-state index contributed by atoms with van der Waals surface area (Å²) >= 11 is 0. The van der Waals surface area contributed by atoms with Crippen LogP contribution in [0, 0.1) is 5.92 Å². The zero-order valence-electron chi connectivity index (χ0n) is 23.7. The Balaban J connectivity index is 1.24. The van der Waals surface area contributed by atoms with Crippen molar-refractivity contribution in [1.29, 1.82) is 0 Å². The number of allylic oxidation sites excluding steroid dienone is 3. The lowest BCUT2D eigenvalue weighted by atomic mass is 9.89. The fraction of sp³-hybridized carbons (Fsp3) is 0.724. The number of likely N-dealkylation sites (tertiary alicyclic amines) is 2. The Morgan fingerprint density at radius 3 is 2.40 bits per heavy atom. The number of amides is 3.